The van der Waals surface area contributed by atoms with E-state index < -0.39 is 6.10 Å². The maximum Gasteiger partial charge on any atom is 0.220 e. The summed E-state index contributed by atoms with van der Waals surface area (Å²) in [5, 5.41) is 16.7. The van der Waals surface area contributed by atoms with Gasteiger partial charge in [0.15, 0.2) is 0 Å². The molecule has 0 radical (unpaired) electrons. The Morgan fingerprint density at radius 1 is 1.33 bits per heavy atom. The molecule has 2 fully saturated rings. The lowest BCUT2D eigenvalue weighted by molar-refractivity contribution is -0.122. The van der Waals surface area contributed by atoms with Gasteiger partial charge < -0.3 is 20.5 Å². The molecule has 2 aliphatic heterocycles. The first-order valence-electron chi connectivity index (χ1n) is 8.49. The van der Waals surface area contributed by atoms with Crippen LogP contribution >= 0.6 is 12.4 Å². The van der Waals surface area contributed by atoms with Crippen LogP contribution in [0.2, 0.25) is 0 Å². The van der Waals surface area contributed by atoms with E-state index in [1.54, 1.807) is 7.11 Å². The van der Waals surface area contributed by atoms with Crippen LogP contribution in [-0.2, 0) is 4.79 Å². The van der Waals surface area contributed by atoms with Crippen LogP contribution in [-0.4, -0.2) is 36.8 Å². The topological polar surface area (TPSA) is 70.6 Å². The number of benzene rings is 1. The molecule has 3 atom stereocenters. The molecule has 0 saturated carbocycles. The van der Waals surface area contributed by atoms with Crippen molar-refractivity contribution in [2.75, 3.05) is 13.7 Å². The Balaban J connectivity index is 0.00000208. The molecule has 134 valence electrons. The van der Waals surface area contributed by atoms with Crippen LogP contribution in [0.1, 0.15) is 43.8 Å². The minimum Gasteiger partial charge on any atom is -0.496 e. The SMILES string of the molecule is COc1ccccc1C(O)CNC(=O)CC1CC2CCC(C1)N2.Cl. The van der Waals surface area contributed by atoms with Gasteiger partial charge >= 0.3 is 0 Å². The smallest absolute Gasteiger partial charge is 0.220 e. The van der Waals surface area contributed by atoms with Crippen molar-refractivity contribution < 1.29 is 14.6 Å². The molecular weight excluding hydrogens is 328 g/mol. The highest BCUT2D eigenvalue weighted by Crippen LogP contribution is 2.32. The fourth-order valence-corrected chi connectivity index (χ4v) is 3.94. The second-order valence-corrected chi connectivity index (χ2v) is 6.74. The van der Waals surface area contributed by atoms with Crippen LogP contribution in [0.25, 0.3) is 0 Å². The second kappa shape index (κ2) is 8.70. The lowest BCUT2D eigenvalue weighted by Gasteiger charge is -2.28. The summed E-state index contributed by atoms with van der Waals surface area (Å²) < 4.78 is 5.25. The number of nitrogens with one attached hydrogen (secondary N) is 2. The number of fused-ring (bicyclic) bond motifs is 2. The molecule has 6 heteroatoms. The summed E-state index contributed by atoms with van der Waals surface area (Å²) in [6.07, 6.45) is 4.50. The molecule has 5 nitrogen and oxygen atoms in total. The van der Waals surface area contributed by atoms with E-state index in [1.807, 2.05) is 24.3 Å². The largest absolute Gasteiger partial charge is 0.496 e. The van der Waals surface area contributed by atoms with E-state index in [2.05, 4.69) is 10.6 Å². The van der Waals surface area contributed by atoms with Crippen molar-refractivity contribution in [2.45, 2.75) is 50.3 Å². The summed E-state index contributed by atoms with van der Waals surface area (Å²) in [5.41, 5.74) is 0.704. The molecule has 1 aromatic carbocycles. The Kier molecular flexibility index (Phi) is 6.90. The molecule has 2 bridgehead atoms. The number of methoxy groups -OCH3 is 1. The molecule has 1 amide bonds. The normalized spacial score (nSPS) is 26.3. The Labute approximate surface area is 149 Å². The van der Waals surface area contributed by atoms with Gasteiger partial charge in [0.25, 0.3) is 0 Å². The summed E-state index contributed by atoms with van der Waals surface area (Å²) in [7, 11) is 1.58. The Bertz CT molecular complexity index is 543. The van der Waals surface area contributed by atoms with Gasteiger partial charge in [0.2, 0.25) is 5.91 Å². The number of aliphatic hydroxyl groups excluding tert-OH is 1. The molecule has 2 saturated heterocycles. The average Bonchev–Trinajstić information content (AvgIpc) is 2.91. The number of hydrogen-bond acceptors (Lipinski definition) is 4. The third kappa shape index (κ3) is 4.62. The Morgan fingerprint density at radius 2 is 2.00 bits per heavy atom. The summed E-state index contributed by atoms with van der Waals surface area (Å²) in [5.74, 6) is 1.14. The highest BCUT2D eigenvalue weighted by atomic mass is 35.5. The van der Waals surface area contributed by atoms with Crippen molar-refractivity contribution in [3.63, 3.8) is 0 Å². The van der Waals surface area contributed by atoms with Crippen molar-refractivity contribution in [3.05, 3.63) is 29.8 Å². The maximum atomic E-state index is 12.2. The van der Waals surface area contributed by atoms with E-state index in [9.17, 15) is 9.90 Å². The van der Waals surface area contributed by atoms with Gasteiger partial charge in [-0.3, -0.25) is 4.79 Å². The Hall–Kier alpha value is -1.30. The fourth-order valence-electron chi connectivity index (χ4n) is 3.94. The summed E-state index contributed by atoms with van der Waals surface area (Å²) in [6.45, 7) is 0.219. The first-order valence-corrected chi connectivity index (χ1v) is 8.49. The third-order valence-corrected chi connectivity index (χ3v) is 5.04. The van der Waals surface area contributed by atoms with Gasteiger partial charge in [-0.2, -0.15) is 0 Å². The minimum absolute atomic E-state index is 0. The van der Waals surface area contributed by atoms with Crippen molar-refractivity contribution in [1.82, 2.24) is 10.6 Å². The van der Waals surface area contributed by atoms with Crippen LogP contribution in [0, 0.1) is 5.92 Å². The molecule has 2 aliphatic rings. The number of hydrogen-bond donors (Lipinski definition) is 3. The zero-order valence-corrected chi connectivity index (χ0v) is 14.8. The average molecular weight is 355 g/mol. The van der Waals surface area contributed by atoms with Gasteiger partial charge in [-0.05, 0) is 37.7 Å². The fraction of sp³-hybridized carbons (Fsp3) is 0.611. The number of carbonyl (C=O) groups excluding carboxylic acids is 1. The van der Waals surface area contributed by atoms with E-state index >= 15 is 0 Å². The summed E-state index contributed by atoms with van der Waals surface area (Å²) in [6, 6.07) is 8.55. The van der Waals surface area contributed by atoms with Crippen LogP contribution in [0.3, 0.4) is 0 Å². The summed E-state index contributed by atoms with van der Waals surface area (Å²) >= 11 is 0. The van der Waals surface area contributed by atoms with E-state index in [0.717, 1.165) is 12.8 Å². The number of amides is 1. The maximum absolute atomic E-state index is 12.2. The number of aliphatic hydroxyl groups is 1. The molecule has 0 aromatic heterocycles. The zero-order valence-electron chi connectivity index (χ0n) is 14.0. The predicted molar refractivity (Wildman–Crippen MR) is 95.5 cm³/mol. The number of carbonyl (C=O) groups is 1. The standard InChI is InChI=1S/C18H26N2O3.ClH/c1-23-17-5-3-2-4-15(17)16(21)11-19-18(22)10-12-8-13-6-7-14(9-12)20-13;/h2-5,12-14,16,20-21H,6-11H2,1H3,(H,19,22);1H. The van der Waals surface area contributed by atoms with Gasteiger partial charge in [-0.25, -0.2) is 0 Å². The molecule has 2 heterocycles. The third-order valence-electron chi connectivity index (χ3n) is 5.04. The number of piperidine rings is 1. The van der Waals surface area contributed by atoms with Crippen LogP contribution in [0.15, 0.2) is 24.3 Å². The molecular formula is C18H27ClN2O3. The lowest BCUT2D eigenvalue weighted by Crippen LogP contribution is -2.40. The molecule has 24 heavy (non-hydrogen) atoms. The number of rotatable bonds is 6. The van der Waals surface area contributed by atoms with Crippen molar-refractivity contribution in [3.8, 4) is 5.75 Å². The van der Waals surface area contributed by atoms with Crippen molar-refractivity contribution in [2.24, 2.45) is 5.92 Å². The summed E-state index contributed by atoms with van der Waals surface area (Å²) in [4.78, 5) is 12.2. The molecule has 3 unspecified atom stereocenters. The second-order valence-electron chi connectivity index (χ2n) is 6.74. The van der Waals surface area contributed by atoms with Crippen molar-refractivity contribution >= 4 is 18.3 Å². The van der Waals surface area contributed by atoms with Crippen molar-refractivity contribution in [1.29, 1.82) is 0 Å². The highest BCUT2D eigenvalue weighted by molar-refractivity contribution is 5.85. The van der Waals surface area contributed by atoms with Gasteiger partial charge in [-0.1, -0.05) is 18.2 Å². The molecule has 0 spiro atoms. The first-order chi connectivity index (χ1) is 11.2. The molecule has 3 rings (SSSR count). The predicted octanol–water partition coefficient (Wildman–Crippen LogP) is 2.19. The van der Waals surface area contributed by atoms with Gasteiger partial charge in [0.1, 0.15) is 5.75 Å². The lowest BCUT2D eigenvalue weighted by atomic mass is 9.89. The van der Waals surface area contributed by atoms with Crippen LogP contribution in [0.4, 0.5) is 0 Å². The first kappa shape index (κ1) is 19.0. The van der Waals surface area contributed by atoms with E-state index in [0.29, 0.717) is 35.7 Å². The van der Waals surface area contributed by atoms with E-state index in [1.165, 1.54) is 12.8 Å². The van der Waals surface area contributed by atoms with E-state index in [-0.39, 0.29) is 24.9 Å². The molecule has 0 aliphatic carbocycles. The van der Waals surface area contributed by atoms with Crippen LogP contribution in [0.5, 0.6) is 5.75 Å². The van der Waals surface area contributed by atoms with Gasteiger partial charge in [-0.15, -0.1) is 12.4 Å². The Morgan fingerprint density at radius 3 is 2.67 bits per heavy atom. The number of para-hydroxylation sites is 1. The van der Waals surface area contributed by atoms with Crippen LogP contribution < -0.4 is 15.4 Å². The zero-order chi connectivity index (χ0) is 16.2. The minimum atomic E-state index is -0.751. The number of ether oxygens (including phenoxy) is 1. The monoisotopic (exact) mass is 354 g/mol. The quantitative estimate of drug-likeness (QED) is 0.732. The van der Waals surface area contributed by atoms with Gasteiger partial charge in [0, 0.05) is 30.6 Å². The van der Waals surface area contributed by atoms with Gasteiger partial charge in [0.05, 0.1) is 13.2 Å². The molecule has 3 N–H and O–H groups in total. The molecule has 1 aromatic rings. The highest BCUT2D eigenvalue weighted by Gasteiger charge is 2.34. The van der Waals surface area contributed by atoms with E-state index in [4.69, 9.17) is 4.74 Å². The number of halogens is 1.